The lowest BCUT2D eigenvalue weighted by molar-refractivity contribution is -0.192. The average molecular weight is 363 g/mol. The first-order chi connectivity index (χ1) is 11.8. The van der Waals surface area contributed by atoms with Crippen molar-refractivity contribution in [1.82, 2.24) is 0 Å². The van der Waals surface area contributed by atoms with Crippen LogP contribution >= 0.6 is 11.6 Å². The van der Waals surface area contributed by atoms with Crippen LogP contribution < -0.4 is 0 Å². The van der Waals surface area contributed by atoms with Gasteiger partial charge in [0, 0.05) is 5.88 Å². The number of alkyl halides is 1. The Morgan fingerprint density at radius 2 is 1.42 bits per heavy atom. The smallest absolute Gasteiger partial charge is 0.350 e. The second-order valence-electron chi connectivity index (χ2n) is 4.93. The molecule has 0 N–H and O–H groups in total. The largest absolute Gasteiger partial charge is 0.513 e. The molecule has 0 aromatic heterocycles. The maximum Gasteiger partial charge on any atom is 0.350 e. The summed E-state index contributed by atoms with van der Waals surface area (Å²) in [4.78, 5) is 12.2. The molecule has 0 aliphatic rings. The molecular formula is C18H19ClO4Si. The topological polar surface area (TPSA) is 44.8 Å². The van der Waals surface area contributed by atoms with Crippen LogP contribution in [-0.4, -0.2) is 27.9 Å². The van der Waals surface area contributed by atoms with Crippen molar-refractivity contribution in [3.8, 4) is 0 Å². The first-order valence-electron chi connectivity index (χ1n) is 7.60. The molecule has 0 heterocycles. The molecule has 24 heavy (non-hydrogen) atoms. The molecule has 0 aliphatic carbocycles. The summed E-state index contributed by atoms with van der Waals surface area (Å²) in [7, 11) is 0.00577. The van der Waals surface area contributed by atoms with Gasteiger partial charge in [0.2, 0.25) is 0 Å². The monoisotopic (exact) mass is 362 g/mol. The fraction of sp³-hybridized carbons (Fsp3) is 0.278. The Hall–Kier alpha value is -1.66. The van der Waals surface area contributed by atoms with E-state index in [-0.39, 0.29) is 23.0 Å². The fourth-order valence-corrected chi connectivity index (χ4v) is 2.53. The van der Waals surface area contributed by atoms with Crippen molar-refractivity contribution < 1.29 is 18.7 Å². The Balaban J connectivity index is 1.90. The normalized spacial score (nSPS) is 10.8. The highest BCUT2D eigenvalue weighted by Gasteiger charge is 2.22. The van der Waals surface area contributed by atoms with E-state index in [0.29, 0.717) is 11.9 Å². The molecule has 4 nitrogen and oxygen atoms in total. The Morgan fingerprint density at radius 1 is 0.917 bits per heavy atom. The van der Waals surface area contributed by atoms with Gasteiger partial charge in [-0.3, -0.25) is 0 Å². The molecule has 0 atom stereocenters. The van der Waals surface area contributed by atoms with E-state index in [1.165, 1.54) is 0 Å². The van der Waals surface area contributed by atoms with Crippen LogP contribution in [0.2, 0.25) is 6.04 Å². The minimum atomic E-state index is -1.06. The van der Waals surface area contributed by atoms with Gasteiger partial charge in [-0.05, 0) is 17.2 Å². The van der Waals surface area contributed by atoms with Gasteiger partial charge in [0.15, 0.2) is 0 Å². The predicted octanol–water partition coefficient (Wildman–Crippen LogP) is 3.57. The van der Waals surface area contributed by atoms with Crippen molar-refractivity contribution in [2.45, 2.75) is 25.5 Å². The van der Waals surface area contributed by atoms with Crippen molar-refractivity contribution in [2.24, 2.45) is 0 Å². The Morgan fingerprint density at radius 3 is 1.88 bits per heavy atom. The lowest BCUT2D eigenvalue weighted by Crippen LogP contribution is -2.30. The number of carbonyl (C=O) groups excluding carboxylic acids is 1. The zero-order chi connectivity index (χ0) is 17.0. The molecule has 2 aromatic carbocycles. The summed E-state index contributed by atoms with van der Waals surface area (Å²) in [6, 6.07) is 19.8. The molecular weight excluding hydrogens is 344 g/mol. The molecule has 0 unspecified atom stereocenters. The standard InChI is InChI=1S/C18H19ClO4Si/c19-11-12-24-23-17(20)18(21-13-15-7-3-1-4-8-15)22-14-16-9-5-2-6-10-16/h1-10,18H,11-14H2. The van der Waals surface area contributed by atoms with Gasteiger partial charge in [0.05, 0.1) is 13.2 Å². The summed E-state index contributed by atoms with van der Waals surface area (Å²) < 4.78 is 16.4. The Labute approximate surface area is 149 Å². The molecule has 0 saturated carbocycles. The first kappa shape index (κ1) is 18.7. The molecule has 2 rings (SSSR count). The van der Waals surface area contributed by atoms with Crippen LogP contribution in [0.15, 0.2) is 60.7 Å². The molecule has 2 radical (unpaired) electrons. The molecule has 6 heteroatoms. The number of rotatable bonds is 10. The Kier molecular flexibility index (Phi) is 8.55. The molecule has 0 fully saturated rings. The van der Waals surface area contributed by atoms with E-state index >= 15 is 0 Å². The summed E-state index contributed by atoms with van der Waals surface area (Å²) in [6.45, 7) is 0.544. The Bertz CT molecular complexity index is 551. The minimum absolute atomic E-state index is 0.00577. The first-order valence-corrected chi connectivity index (χ1v) is 9.25. The van der Waals surface area contributed by atoms with E-state index in [4.69, 9.17) is 25.5 Å². The van der Waals surface area contributed by atoms with Crippen LogP contribution in [0, 0.1) is 0 Å². The van der Waals surface area contributed by atoms with Crippen LogP contribution in [0.25, 0.3) is 0 Å². The second kappa shape index (κ2) is 11.0. The molecule has 0 bridgehead atoms. The number of benzene rings is 2. The molecule has 0 saturated heterocycles. The van der Waals surface area contributed by atoms with Gasteiger partial charge >= 0.3 is 15.7 Å². The van der Waals surface area contributed by atoms with Crippen molar-refractivity contribution in [1.29, 1.82) is 0 Å². The summed E-state index contributed by atoms with van der Waals surface area (Å²) in [6.07, 6.45) is -1.06. The summed E-state index contributed by atoms with van der Waals surface area (Å²) in [5.41, 5.74) is 1.92. The lowest BCUT2D eigenvalue weighted by atomic mass is 10.2. The van der Waals surface area contributed by atoms with Gasteiger partial charge in [-0.1, -0.05) is 60.7 Å². The van der Waals surface area contributed by atoms with E-state index in [2.05, 4.69) is 0 Å². The van der Waals surface area contributed by atoms with Gasteiger partial charge in [-0.25, -0.2) is 4.79 Å². The highest BCUT2D eigenvalue weighted by atomic mass is 35.5. The van der Waals surface area contributed by atoms with Crippen LogP contribution in [0.4, 0.5) is 0 Å². The maximum atomic E-state index is 12.2. The number of ether oxygens (including phenoxy) is 2. The van der Waals surface area contributed by atoms with Gasteiger partial charge in [0.25, 0.3) is 6.29 Å². The van der Waals surface area contributed by atoms with E-state index < -0.39 is 12.3 Å². The van der Waals surface area contributed by atoms with Crippen molar-refractivity contribution in [3.05, 3.63) is 71.8 Å². The van der Waals surface area contributed by atoms with Crippen LogP contribution in [0.3, 0.4) is 0 Å². The van der Waals surface area contributed by atoms with Crippen LogP contribution in [-0.2, 0) is 31.9 Å². The molecule has 2 aromatic rings. The van der Waals surface area contributed by atoms with Gasteiger partial charge in [-0.2, -0.15) is 0 Å². The highest BCUT2D eigenvalue weighted by molar-refractivity contribution is 6.33. The van der Waals surface area contributed by atoms with Crippen molar-refractivity contribution in [3.63, 3.8) is 0 Å². The molecule has 0 aliphatic heterocycles. The van der Waals surface area contributed by atoms with E-state index in [1.54, 1.807) is 0 Å². The third kappa shape index (κ3) is 6.84. The highest BCUT2D eigenvalue weighted by Crippen LogP contribution is 2.09. The number of hydrogen-bond acceptors (Lipinski definition) is 4. The van der Waals surface area contributed by atoms with Crippen LogP contribution in [0.5, 0.6) is 0 Å². The minimum Gasteiger partial charge on any atom is -0.513 e. The number of halogens is 1. The fourth-order valence-electron chi connectivity index (χ4n) is 1.89. The van der Waals surface area contributed by atoms with Gasteiger partial charge < -0.3 is 13.9 Å². The third-order valence-corrected chi connectivity index (χ3v) is 4.36. The van der Waals surface area contributed by atoms with Crippen molar-refractivity contribution in [2.75, 3.05) is 5.88 Å². The maximum absolute atomic E-state index is 12.2. The zero-order valence-electron chi connectivity index (χ0n) is 13.2. The van der Waals surface area contributed by atoms with Gasteiger partial charge in [0.1, 0.15) is 0 Å². The lowest BCUT2D eigenvalue weighted by Gasteiger charge is -2.17. The third-order valence-electron chi connectivity index (χ3n) is 3.05. The van der Waals surface area contributed by atoms with Crippen LogP contribution in [0.1, 0.15) is 11.1 Å². The summed E-state index contributed by atoms with van der Waals surface area (Å²) >= 11 is 5.60. The van der Waals surface area contributed by atoms with Crippen molar-refractivity contribution >= 4 is 27.3 Å². The quantitative estimate of drug-likeness (QED) is 0.280. The average Bonchev–Trinajstić information content (AvgIpc) is 2.63. The van der Waals surface area contributed by atoms with E-state index in [1.807, 2.05) is 60.7 Å². The predicted molar refractivity (Wildman–Crippen MR) is 93.6 cm³/mol. The zero-order valence-corrected chi connectivity index (χ0v) is 14.9. The molecule has 0 amide bonds. The summed E-state index contributed by atoms with van der Waals surface area (Å²) in [5.74, 6) is -0.0723. The molecule has 126 valence electrons. The number of carbonyl (C=O) groups is 1. The van der Waals surface area contributed by atoms with E-state index in [0.717, 1.165) is 11.1 Å². The van der Waals surface area contributed by atoms with Gasteiger partial charge in [-0.15, -0.1) is 11.6 Å². The SMILES string of the molecule is O=C(O[Si]CCCl)C(OCc1ccccc1)OCc1ccccc1. The number of hydrogen-bond donors (Lipinski definition) is 0. The summed E-state index contributed by atoms with van der Waals surface area (Å²) in [5, 5.41) is 0. The molecule has 0 spiro atoms. The second-order valence-corrected chi connectivity index (χ2v) is 6.30. The van der Waals surface area contributed by atoms with E-state index in [9.17, 15) is 4.79 Å².